The first kappa shape index (κ1) is 13.9. The molecule has 1 aliphatic carbocycles. The number of phenols is 1. The Morgan fingerprint density at radius 1 is 1.32 bits per heavy atom. The van der Waals surface area contributed by atoms with Gasteiger partial charge >= 0.3 is 0 Å². The standard InChI is InChI=1S/C16H23NO2/c1-12-5-7-13(8-6-12)11-17-16(19)10-14-3-2-4-15(18)9-14/h2-4,9,12-13,18H,5-8,10-11H2,1H3,(H,17,19). The quantitative estimate of drug-likeness (QED) is 0.875. The van der Waals surface area contributed by atoms with Gasteiger partial charge in [0.05, 0.1) is 6.42 Å². The Morgan fingerprint density at radius 2 is 2.05 bits per heavy atom. The molecule has 0 heterocycles. The zero-order valence-corrected chi connectivity index (χ0v) is 11.6. The molecule has 0 bridgehead atoms. The second kappa shape index (κ2) is 6.60. The lowest BCUT2D eigenvalue weighted by Gasteiger charge is -2.26. The minimum absolute atomic E-state index is 0.0456. The van der Waals surface area contributed by atoms with E-state index in [1.54, 1.807) is 18.2 Å². The van der Waals surface area contributed by atoms with Crippen LogP contribution in [-0.2, 0) is 11.2 Å². The van der Waals surface area contributed by atoms with Crippen molar-refractivity contribution in [1.29, 1.82) is 0 Å². The number of hydrogen-bond donors (Lipinski definition) is 2. The highest BCUT2D eigenvalue weighted by molar-refractivity contribution is 5.78. The molecule has 0 radical (unpaired) electrons. The van der Waals surface area contributed by atoms with Gasteiger partial charge in [-0.05, 0) is 42.4 Å². The summed E-state index contributed by atoms with van der Waals surface area (Å²) in [5, 5.41) is 12.4. The maximum atomic E-state index is 11.8. The number of hydrogen-bond acceptors (Lipinski definition) is 2. The van der Waals surface area contributed by atoms with Gasteiger partial charge in [0, 0.05) is 6.54 Å². The number of nitrogens with one attached hydrogen (secondary N) is 1. The fourth-order valence-corrected chi connectivity index (χ4v) is 2.71. The lowest BCUT2D eigenvalue weighted by atomic mass is 9.83. The molecular formula is C16H23NO2. The molecule has 0 unspecified atom stereocenters. The van der Waals surface area contributed by atoms with Crippen LogP contribution >= 0.6 is 0 Å². The van der Waals surface area contributed by atoms with E-state index in [2.05, 4.69) is 12.2 Å². The molecule has 2 N–H and O–H groups in total. The Hall–Kier alpha value is -1.51. The zero-order chi connectivity index (χ0) is 13.7. The summed E-state index contributed by atoms with van der Waals surface area (Å²) in [5.74, 6) is 1.75. The van der Waals surface area contributed by atoms with E-state index in [1.807, 2.05) is 6.07 Å². The molecule has 0 atom stereocenters. The van der Waals surface area contributed by atoms with Gasteiger partial charge in [0.1, 0.15) is 5.75 Å². The summed E-state index contributed by atoms with van der Waals surface area (Å²) in [6.07, 6.45) is 5.37. The van der Waals surface area contributed by atoms with Crippen LogP contribution in [0.4, 0.5) is 0 Å². The van der Waals surface area contributed by atoms with Crippen molar-refractivity contribution in [3.05, 3.63) is 29.8 Å². The number of rotatable bonds is 4. The molecule has 1 amide bonds. The minimum Gasteiger partial charge on any atom is -0.508 e. The number of carbonyl (C=O) groups is 1. The molecule has 0 aromatic heterocycles. The van der Waals surface area contributed by atoms with Crippen LogP contribution in [-0.4, -0.2) is 17.6 Å². The SMILES string of the molecule is CC1CCC(CNC(=O)Cc2cccc(O)c2)CC1. The highest BCUT2D eigenvalue weighted by Gasteiger charge is 2.18. The molecule has 1 aromatic rings. The Morgan fingerprint density at radius 3 is 2.74 bits per heavy atom. The summed E-state index contributed by atoms with van der Waals surface area (Å²) in [4.78, 5) is 11.8. The molecule has 19 heavy (non-hydrogen) atoms. The molecule has 3 nitrogen and oxygen atoms in total. The number of carbonyl (C=O) groups excluding carboxylic acids is 1. The molecule has 0 spiro atoms. The minimum atomic E-state index is 0.0456. The summed E-state index contributed by atoms with van der Waals surface area (Å²) < 4.78 is 0. The van der Waals surface area contributed by atoms with E-state index in [0.29, 0.717) is 12.3 Å². The summed E-state index contributed by atoms with van der Waals surface area (Å²) >= 11 is 0. The van der Waals surface area contributed by atoms with Crippen molar-refractivity contribution in [2.24, 2.45) is 11.8 Å². The summed E-state index contributed by atoms with van der Waals surface area (Å²) in [5.41, 5.74) is 0.856. The van der Waals surface area contributed by atoms with Gasteiger partial charge < -0.3 is 10.4 Å². The van der Waals surface area contributed by atoms with Gasteiger partial charge in [-0.3, -0.25) is 4.79 Å². The van der Waals surface area contributed by atoms with Crippen LogP contribution in [0.3, 0.4) is 0 Å². The van der Waals surface area contributed by atoms with Gasteiger partial charge in [-0.15, -0.1) is 0 Å². The molecule has 3 heteroatoms. The molecule has 0 aliphatic heterocycles. The maximum Gasteiger partial charge on any atom is 0.224 e. The van der Waals surface area contributed by atoms with Crippen molar-refractivity contribution in [1.82, 2.24) is 5.32 Å². The molecular weight excluding hydrogens is 238 g/mol. The third-order valence-corrected chi connectivity index (χ3v) is 4.00. The van der Waals surface area contributed by atoms with Crippen molar-refractivity contribution in [2.45, 2.75) is 39.0 Å². The number of benzene rings is 1. The smallest absolute Gasteiger partial charge is 0.224 e. The van der Waals surface area contributed by atoms with Crippen molar-refractivity contribution >= 4 is 5.91 Å². The first-order valence-electron chi connectivity index (χ1n) is 7.18. The largest absolute Gasteiger partial charge is 0.508 e. The van der Waals surface area contributed by atoms with E-state index in [9.17, 15) is 9.90 Å². The van der Waals surface area contributed by atoms with E-state index in [4.69, 9.17) is 0 Å². The monoisotopic (exact) mass is 261 g/mol. The first-order chi connectivity index (χ1) is 9.13. The van der Waals surface area contributed by atoms with Crippen LogP contribution in [0.5, 0.6) is 5.75 Å². The highest BCUT2D eigenvalue weighted by Crippen LogP contribution is 2.27. The molecule has 1 aromatic carbocycles. The van der Waals surface area contributed by atoms with Crippen LogP contribution in [0.15, 0.2) is 24.3 Å². The molecule has 2 rings (SSSR count). The number of phenolic OH excluding ortho intramolecular Hbond substituents is 1. The van der Waals surface area contributed by atoms with E-state index in [0.717, 1.165) is 18.0 Å². The normalized spacial score (nSPS) is 23.0. The zero-order valence-electron chi connectivity index (χ0n) is 11.6. The summed E-state index contributed by atoms with van der Waals surface area (Å²) in [6, 6.07) is 6.88. The van der Waals surface area contributed by atoms with Crippen molar-refractivity contribution in [3.8, 4) is 5.75 Å². The Kier molecular flexibility index (Phi) is 4.83. The van der Waals surface area contributed by atoms with Gasteiger partial charge in [0.25, 0.3) is 0 Å². The van der Waals surface area contributed by atoms with E-state index in [1.165, 1.54) is 25.7 Å². The van der Waals surface area contributed by atoms with Crippen LogP contribution in [0.1, 0.15) is 38.2 Å². The van der Waals surface area contributed by atoms with Gasteiger partial charge in [0.2, 0.25) is 5.91 Å². The Balaban J connectivity index is 1.73. The molecule has 104 valence electrons. The third-order valence-electron chi connectivity index (χ3n) is 4.00. The van der Waals surface area contributed by atoms with Crippen LogP contribution in [0.25, 0.3) is 0 Å². The number of aromatic hydroxyl groups is 1. The van der Waals surface area contributed by atoms with Crippen molar-refractivity contribution < 1.29 is 9.90 Å². The fraction of sp³-hybridized carbons (Fsp3) is 0.562. The first-order valence-corrected chi connectivity index (χ1v) is 7.18. The average molecular weight is 261 g/mol. The lowest BCUT2D eigenvalue weighted by molar-refractivity contribution is -0.120. The summed E-state index contributed by atoms with van der Waals surface area (Å²) in [7, 11) is 0. The van der Waals surface area contributed by atoms with E-state index >= 15 is 0 Å². The maximum absolute atomic E-state index is 11.8. The molecule has 0 saturated heterocycles. The van der Waals surface area contributed by atoms with Crippen molar-refractivity contribution in [3.63, 3.8) is 0 Å². The topological polar surface area (TPSA) is 49.3 Å². The fourth-order valence-electron chi connectivity index (χ4n) is 2.71. The van der Waals surface area contributed by atoms with Crippen LogP contribution < -0.4 is 5.32 Å². The average Bonchev–Trinajstić information content (AvgIpc) is 2.38. The highest BCUT2D eigenvalue weighted by atomic mass is 16.3. The van der Waals surface area contributed by atoms with Crippen LogP contribution in [0, 0.1) is 11.8 Å². The van der Waals surface area contributed by atoms with Crippen molar-refractivity contribution in [2.75, 3.05) is 6.54 Å². The van der Waals surface area contributed by atoms with Gasteiger partial charge in [-0.2, -0.15) is 0 Å². The van der Waals surface area contributed by atoms with Gasteiger partial charge in [-0.25, -0.2) is 0 Å². The number of amides is 1. The van der Waals surface area contributed by atoms with Gasteiger partial charge in [0.15, 0.2) is 0 Å². The molecule has 1 fully saturated rings. The Labute approximate surface area is 115 Å². The molecule has 1 aliphatic rings. The lowest BCUT2D eigenvalue weighted by Crippen LogP contribution is -2.32. The molecule has 1 saturated carbocycles. The summed E-state index contributed by atoms with van der Waals surface area (Å²) in [6.45, 7) is 3.10. The van der Waals surface area contributed by atoms with E-state index in [-0.39, 0.29) is 11.7 Å². The van der Waals surface area contributed by atoms with E-state index < -0.39 is 0 Å². The predicted molar refractivity (Wildman–Crippen MR) is 75.9 cm³/mol. The predicted octanol–water partition coefficient (Wildman–Crippen LogP) is 2.88. The van der Waals surface area contributed by atoms with Crippen LogP contribution in [0.2, 0.25) is 0 Å². The van der Waals surface area contributed by atoms with Gasteiger partial charge in [-0.1, -0.05) is 31.9 Å². The Bertz CT molecular complexity index is 423. The second-order valence-corrected chi connectivity index (χ2v) is 5.78. The third kappa shape index (κ3) is 4.58. The second-order valence-electron chi connectivity index (χ2n) is 5.78.